The molecule has 1 fully saturated rings. The topological polar surface area (TPSA) is 90.0 Å². The van der Waals surface area contributed by atoms with Crippen LogP contribution in [0.3, 0.4) is 0 Å². The Hall–Kier alpha value is -2.50. The van der Waals surface area contributed by atoms with Gasteiger partial charge in [-0.05, 0) is 37.1 Å². The van der Waals surface area contributed by atoms with Crippen molar-refractivity contribution in [2.24, 2.45) is 0 Å². The first-order valence-corrected chi connectivity index (χ1v) is 6.13. The molecule has 19 heavy (non-hydrogen) atoms. The Kier molecular flexibility index (Phi) is 2.83. The zero-order chi connectivity index (χ0) is 13.2. The van der Waals surface area contributed by atoms with Crippen molar-refractivity contribution in [1.82, 2.24) is 10.2 Å². The minimum atomic E-state index is -0.362. The largest absolute Gasteiger partial charge is 0.508 e. The zero-order valence-corrected chi connectivity index (χ0v) is 10.2. The summed E-state index contributed by atoms with van der Waals surface area (Å²) in [6.45, 7) is 0. The van der Waals surface area contributed by atoms with Crippen molar-refractivity contribution in [3.05, 3.63) is 36.0 Å². The van der Waals surface area contributed by atoms with Gasteiger partial charge in [-0.3, -0.25) is 10.4 Å². The number of phenols is 1. The first kappa shape index (κ1) is 11.6. The van der Waals surface area contributed by atoms with Gasteiger partial charge in [0.2, 0.25) is 0 Å². The second-order valence-corrected chi connectivity index (χ2v) is 4.61. The average Bonchev–Trinajstić information content (AvgIpc) is 3.14. The summed E-state index contributed by atoms with van der Waals surface area (Å²) in [5.74, 6) is 1.24. The van der Waals surface area contributed by atoms with E-state index >= 15 is 0 Å². The minimum Gasteiger partial charge on any atom is -0.508 e. The maximum atomic E-state index is 11.7. The molecule has 0 bridgehead atoms. The fourth-order valence-corrected chi connectivity index (χ4v) is 1.83. The number of nitrogens with one attached hydrogen (secondary N) is 3. The summed E-state index contributed by atoms with van der Waals surface area (Å²) in [7, 11) is 0. The predicted octanol–water partition coefficient (Wildman–Crippen LogP) is 2.64. The number of carbonyl (C=O) groups is 1. The standard InChI is InChI=1S/C13H14N4O2/c18-10-5-3-9(4-6-10)14-13(19)15-12-7-11(16-17-12)8-1-2-8/h3-8,18H,1-2H2,(H3,14,15,16,17,19). The van der Waals surface area contributed by atoms with E-state index in [1.165, 1.54) is 25.0 Å². The minimum absolute atomic E-state index is 0.160. The van der Waals surface area contributed by atoms with Gasteiger partial charge in [0.15, 0.2) is 5.82 Å². The van der Waals surface area contributed by atoms with Crippen LogP contribution in [0.4, 0.5) is 16.3 Å². The lowest BCUT2D eigenvalue weighted by atomic mass is 10.3. The smallest absolute Gasteiger partial charge is 0.324 e. The number of hydrogen-bond acceptors (Lipinski definition) is 3. The van der Waals surface area contributed by atoms with Crippen LogP contribution in [-0.4, -0.2) is 21.3 Å². The molecule has 4 N–H and O–H groups in total. The summed E-state index contributed by atoms with van der Waals surface area (Å²) in [6.07, 6.45) is 2.36. The van der Waals surface area contributed by atoms with Gasteiger partial charge >= 0.3 is 6.03 Å². The molecular formula is C13H14N4O2. The summed E-state index contributed by atoms with van der Waals surface area (Å²) in [5, 5.41) is 21.4. The fourth-order valence-electron chi connectivity index (χ4n) is 1.83. The molecule has 0 atom stereocenters. The molecule has 1 heterocycles. The van der Waals surface area contributed by atoms with Crippen LogP contribution < -0.4 is 10.6 Å². The normalized spacial score (nSPS) is 14.1. The van der Waals surface area contributed by atoms with E-state index in [2.05, 4.69) is 20.8 Å². The van der Waals surface area contributed by atoms with Crippen molar-refractivity contribution in [1.29, 1.82) is 0 Å². The zero-order valence-electron chi connectivity index (χ0n) is 10.2. The Morgan fingerprint density at radius 3 is 2.68 bits per heavy atom. The van der Waals surface area contributed by atoms with Crippen LogP contribution in [0, 0.1) is 0 Å². The number of nitrogens with zero attached hydrogens (tertiary/aromatic N) is 1. The number of anilines is 2. The van der Waals surface area contributed by atoms with Gasteiger partial charge in [-0.15, -0.1) is 0 Å². The number of rotatable bonds is 3. The highest BCUT2D eigenvalue weighted by Gasteiger charge is 2.25. The van der Waals surface area contributed by atoms with Crippen LogP contribution in [-0.2, 0) is 0 Å². The van der Waals surface area contributed by atoms with E-state index in [0.717, 1.165) is 5.69 Å². The van der Waals surface area contributed by atoms with Crippen molar-refractivity contribution in [2.45, 2.75) is 18.8 Å². The van der Waals surface area contributed by atoms with Crippen molar-refractivity contribution < 1.29 is 9.90 Å². The summed E-state index contributed by atoms with van der Waals surface area (Å²) in [4.78, 5) is 11.7. The summed E-state index contributed by atoms with van der Waals surface area (Å²) in [6, 6.07) is 7.75. The number of phenolic OH excluding ortho intramolecular Hbond substituents is 1. The number of carbonyl (C=O) groups excluding carboxylic acids is 1. The molecule has 0 spiro atoms. The van der Waals surface area contributed by atoms with Crippen LogP contribution in [0.1, 0.15) is 24.5 Å². The van der Waals surface area contributed by atoms with Gasteiger partial charge in [0, 0.05) is 23.4 Å². The van der Waals surface area contributed by atoms with E-state index < -0.39 is 0 Å². The van der Waals surface area contributed by atoms with Gasteiger partial charge in [-0.25, -0.2) is 4.79 Å². The van der Waals surface area contributed by atoms with Gasteiger partial charge < -0.3 is 10.4 Å². The molecule has 1 aliphatic carbocycles. The average molecular weight is 258 g/mol. The van der Waals surface area contributed by atoms with Crippen molar-refractivity contribution in [2.75, 3.05) is 10.6 Å². The molecule has 6 nitrogen and oxygen atoms in total. The Labute approximate surface area is 109 Å². The van der Waals surface area contributed by atoms with Crippen LogP contribution in [0.2, 0.25) is 0 Å². The van der Waals surface area contributed by atoms with E-state index in [1.807, 2.05) is 6.07 Å². The molecule has 6 heteroatoms. The Balaban J connectivity index is 1.59. The molecule has 1 aromatic heterocycles. The third-order valence-corrected chi connectivity index (χ3v) is 2.98. The Bertz CT molecular complexity index is 587. The molecule has 98 valence electrons. The highest BCUT2D eigenvalue weighted by Crippen LogP contribution is 2.39. The maximum Gasteiger partial charge on any atom is 0.324 e. The molecule has 0 radical (unpaired) electrons. The lowest BCUT2D eigenvalue weighted by Crippen LogP contribution is -2.19. The summed E-state index contributed by atoms with van der Waals surface area (Å²) < 4.78 is 0. The second kappa shape index (κ2) is 4.64. The predicted molar refractivity (Wildman–Crippen MR) is 71.3 cm³/mol. The summed E-state index contributed by atoms with van der Waals surface area (Å²) >= 11 is 0. The molecule has 3 rings (SSSR count). The van der Waals surface area contributed by atoms with Crippen molar-refractivity contribution in [3.8, 4) is 5.75 Å². The molecule has 0 unspecified atom stereocenters. The number of hydrogen-bond donors (Lipinski definition) is 4. The molecule has 2 aromatic rings. The van der Waals surface area contributed by atoms with Crippen LogP contribution >= 0.6 is 0 Å². The summed E-state index contributed by atoms with van der Waals surface area (Å²) in [5.41, 5.74) is 1.67. The monoisotopic (exact) mass is 258 g/mol. The fraction of sp³-hybridized carbons (Fsp3) is 0.231. The molecule has 1 saturated carbocycles. The van der Waals surface area contributed by atoms with E-state index in [-0.39, 0.29) is 11.8 Å². The lowest BCUT2D eigenvalue weighted by Gasteiger charge is -2.05. The number of aromatic hydroxyl groups is 1. The Morgan fingerprint density at radius 1 is 1.26 bits per heavy atom. The number of aromatic amines is 1. The quantitative estimate of drug-likeness (QED) is 0.638. The van der Waals surface area contributed by atoms with E-state index in [9.17, 15) is 4.79 Å². The molecule has 0 saturated heterocycles. The van der Waals surface area contributed by atoms with E-state index in [4.69, 9.17) is 5.11 Å². The highest BCUT2D eigenvalue weighted by atomic mass is 16.3. The van der Waals surface area contributed by atoms with Crippen LogP contribution in [0.5, 0.6) is 5.75 Å². The molecule has 1 aromatic carbocycles. The van der Waals surface area contributed by atoms with Crippen LogP contribution in [0.15, 0.2) is 30.3 Å². The number of benzene rings is 1. The van der Waals surface area contributed by atoms with Gasteiger partial charge in [-0.2, -0.15) is 5.10 Å². The van der Waals surface area contributed by atoms with Crippen molar-refractivity contribution >= 4 is 17.5 Å². The van der Waals surface area contributed by atoms with Crippen LogP contribution in [0.25, 0.3) is 0 Å². The van der Waals surface area contributed by atoms with Gasteiger partial charge in [-0.1, -0.05) is 0 Å². The molecule has 0 aliphatic heterocycles. The first-order chi connectivity index (χ1) is 9.20. The molecular weight excluding hydrogens is 244 g/mol. The maximum absolute atomic E-state index is 11.7. The Morgan fingerprint density at radius 2 is 2.00 bits per heavy atom. The molecule has 2 amide bonds. The number of amides is 2. The van der Waals surface area contributed by atoms with Gasteiger partial charge in [0.25, 0.3) is 0 Å². The van der Waals surface area contributed by atoms with E-state index in [1.54, 1.807) is 12.1 Å². The van der Waals surface area contributed by atoms with Crippen molar-refractivity contribution in [3.63, 3.8) is 0 Å². The highest BCUT2D eigenvalue weighted by molar-refractivity contribution is 5.99. The second-order valence-electron chi connectivity index (χ2n) is 4.61. The van der Waals surface area contributed by atoms with Gasteiger partial charge in [0.1, 0.15) is 5.75 Å². The lowest BCUT2D eigenvalue weighted by molar-refractivity contribution is 0.262. The third-order valence-electron chi connectivity index (χ3n) is 2.98. The number of H-pyrrole nitrogens is 1. The molecule has 1 aliphatic rings. The number of aromatic nitrogens is 2. The number of urea groups is 1. The SMILES string of the molecule is O=C(Nc1ccc(O)cc1)Nc1cc(C2CC2)[nH]n1. The van der Waals surface area contributed by atoms with Gasteiger partial charge in [0.05, 0.1) is 0 Å². The third kappa shape index (κ3) is 2.85. The van der Waals surface area contributed by atoms with E-state index in [0.29, 0.717) is 17.4 Å². The first-order valence-electron chi connectivity index (χ1n) is 6.13.